The number of nitrogens with zero attached hydrogens (tertiary/aromatic N) is 1. The Kier molecular flexibility index (Phi) is 7.76. The van der Waals surface area contributed by atoms with Crippen LogP contribution in [0.15, 0.2) is 36.4 Å². The Morgan fingerprint density at radius 2 is 1.61 bits per heavy atom. The van der Waals surface area contributed by atoms with E-state index in [0.29, 0.717) is 38.7 Å². The van der Waals surface area contributed by atoms with Gasteiger partial charge in [-0.25, -0.2) is 0 Å². The van der Waals surface area contributed by atoms with Gasteiger partial charge in [0.25, 0.3) is 5.91 Å². The van der Waals surface area contributed by atoms with Crippen molar-refractivity contribution in [2.45, 2.75) is 33.6 Å². The van der Waals surface area contributed by atoms with Crippen molar-refractivity contribution < 1.29 is 28.6 Å². The molecule has 0 aliphatic carbocycles. The molecular formula is C25H26ClNO6. The molecular weight excluding hydrogens is 446 g/mol. The Morgan fingerprint density at radius 1 is 0.939 bits per heavy atom. The Morgan fingerprint density at radius 3 is 2.24 bits per heavy atom. The fourth-order valence-corrected chi connectivity index (χ4v) is 3.95. The molecule has 0 spiro atoms. The molecule has 8 heteroatoms. The molecule has 0 amide bonds. The van der Waals surface area contributed by atoms with Gasteiger partial charge in [0.2, 0.25) is 0 Å². The lowest BCUT2D eigenvalue weighted by molar-refractivity contribution is -0.143. The normalized spacial score (nSPS) is 10.8. The number of hydrogen-bond acceptors (Lipinski definition) is 6. The van der Waals surface area contributed by atoms with Gasteiger partial charge in [-0.05, 0) is 68.3 Å². The highest BCUT2D eigenvalue weighted by Gasteiger charge is 2.23. The van der Waals surface area contributed by atoms with Crippen LogP contribution < -0.4 is 4.74 Å². The first-order valence-electron chi connectivity index (χ1n) is 10.6. The maximum Gasteiger partial charge on any atom is 0.310 e. The predicted octanol–water partition coefficient (Wildman–Crippen LogP) is 4.51. The number of hydrogen-bond donors (Lipinski definition) is 0. The van der Waals surface area contributed by atoms with Gasteiger partial charge in [0.05, 0.1) is 38.7 Å². The van der Waals surface area contributed by atoms with Crippen molar-refractivity contribution in [2.75, 3.05) is 20.3 Å². The summed E-state index contributed by atoms with van der Waals surface area (Å²) >= 11 is 6.25. The van der Waals surface area contributed by atoms with Crippen molar-refractivity contribution in [3.8, 4) is 5.75 Å². The minimum Gasteiger partial charge on any atom is -0.497 e. The molecule has 0 saturated heterocycles. The van der Waals surface area contributed by atoms with E-state index in [2.05, 4.69) is 0 Å². The van der Waals surface area contributed by atoms with Crippen LogP contribution in [-0.2, 0) is 31.9 Å². The summed E-state index contributed by atoms with van der Waals surface area (Å²) in [5.41, 5.74) is 2.81. The third-order valence-electron chi connectivity index (χ3n) is 5.30. The lowest BCUT2D eigenvalue weighted by Crippen LogP contribution is -2.15. The fraction of sp³-hybridized carbons (Fsp3) is 0.320. The van der Waals surface area contributed by atoms with Gasteiger partial charge in [-0.15, -0.1) is 0 Å². The minimum absolute atomic E-state index is 0.0261. The van der Waals surface area contributed by atoms with Gasteiger partial charge in [-0.1, -0.05) is 11.6 Å². The fourth-order valence-electron chi connectivity index (χ4n) is 3.77. The second-order valence-corrected chi connectivity index (χ2v) is 7.76. The summed E-state index contributed by atoms with van der Waals surface area (Å²) in [6.45, 7) is 5.79. The van der Waals surface area contributed by atoms with Crippen LogP contribution in [-0.4, -0.2) is 42.7 Å². The molecule has 33 heavy (non-hydrogen) atoms. The summed E-state index contributed by atoms with van der Waals surface area (Å²) in [4.78, 5) is 37.8. The second kappa shape index (κ2) is 10.5. The zero-order valence-corrected chi connectivity index (χ0v) is 19.8. The number of methoxy groups -OCH3 is 1. The highest BCUT2D eigenvalue weighted by atomic mass is 35.5. The summed E-state index contributed by atoms with van der Waals surface area (Å²) < 4.78 is 17.0. The van der Waals surface area contributed by atoms with E-state index >= 15 is 0 Å². The number of carbonyl (C=O) groups excluding carboxylic acids is 3. The topological polar surface area (TPSA) is 83.8 Å². The molecule has 0 aliphatic heterocycles. The van der Waals surface area contributed by atoms with Crippen molar-refractivity contribution in [1.82, 2.24) is 4.57 Å². The van der Waals surface area contributed by atoms with E-state index in [0.717, 1.165) is 5.39 Å². The van der Waals surface area contributed by atoms with Crippen molar-refractivity contribution in [1.29, 1.82) is 0 Å². The Bertz CT molecular complexity index is 1210. The number of rotatable bonds is 8. The van der Waals surface area contributed by atoms with E-state index < -0.39 is 5.97 Å². The molecule has 0 bridgehead atoms. The molecule has 0 atom stereocenters. The first-order valence-corrected chi connectivity index (χ1v) is 11.0. The first-order chi connectivity index (χ1) is 15.8. The quantitative estimate of drug-likeness (QED) is 0.449. The van der Waals surface area contributed by atoms with Crippen LogP contribution in [0.4, 0.5) is 0 Å². The third-order valence-corrected chi connectivity index (χ3v) is 5.67. The van der Waals surface area contributed by atoms with Crippen molar-refractivity contribution in [2.24, 2.45) is 0 Å². The van der Waals surface area contributed by atoms with Gasteiger partial charge in [0, 0.05) is 21.7 Å². The molecule has 1 heterocycles. The largest absolute Gasteiger partial charge is 0.497 e. The molecule has 174 valence electrons. The van der Waals surface area contributed by atoms with Gasteiger partial charge in [0.1, 0.15) is 5.75 Å². The van der Waals surface area contributed by atoms with E-state index in [1.807, 2.05) is 0 Å². The van der Waals surface area contributed by atoms with Crippen LogP contribution >= 0.6 is 11.6 Å². The number of halogens is 1. The van der Waals surface area contributed by atoms with E-state index in [1.54, 1.807) is 68.8 Å². The van der Waals surface area contributed by atoms with Crippen molar-refractivity contribution >= 4 is 40.3 Å². The lowest BCUT2D eigenvalue weighted by Gasteiger charge is -2.11. The number of benzene rings is 2. The Hall–Kier alpha value is -3.32. The average molecular weight is 472 g/mol. The average Bonchev–Trinajstić information content (AvgIpc) is 3.05. The van der Waals surface area contributed by atoms with Crippen molar-refractivity contribution in [3.05, 3.63) is 63.8 Å². The van der Waals surface area contributed by atoms with Crippen LogP contribution in [0, 0.1) is 6.92 Å². The number of aromatic nitrogens is 1. The molecule has 0 radical (unpaired) electrons. The second-order valence-electron chi connectivity index (χ2n) is 7.36. The molecule has 0 N–H and O–H groups in total. The van der Waals surface area contributed by atoms with E-state index in [1.165, 1.54) is 0 Å². The number of fused-ring (bicyclic) bond motifs is 1. The molecule has 0 aliphatic rings. The molecule has 3 aromatic rings. The van der Waals surface area contributed by atoms with E-state index in [9.17, 15) is 14.4 Å². The molecule has 1 aromatic heterocycles. The monoisotopic (exact) mass is 471 g/mol. The van der Waals surface area contributed by atoms with Gasteiger partial charge in [-0.2, -0.15) is 0 Å². The van der Waals surface area contributed by atoms with Gasteiger partial charge >= 0.3 is 11.9 Å². The Balaban J connectivity index is 2.09. The minimum atomic E-state index is -0.421. The summed E-state index contributed by atoms with van der Waals surface area (Å²) in [5.74, 6) is -0.492. The number of carbonyl (C=O) groups is 3. The third kappa shape index (κ3) is 5.20. The van der Waals surface area contributed by atoms with Crippen LogP contribution in [0.3, 0.4) is 0 Å². The highest BCUT2D eigenvalue weighted by Crippen LogP contribution is 2.31. The van der Waals surface area contributed by atoms with E-state index in [4.69, 9.17) is 25.8 Å². The summed E-state index contributed by atoms with van der Waals surface area (Å²) in [5, 5.41) is 1.11. The zero-order chi connectivity index (χ0) is 24.1. The van der Waals surface area contributed by atoms with Gasteiger partial charge < -0.3 is 14.2 Å². The molecule has 2 aromatic carbocycles. The first kappa shape index (κ1) is 24.3. The summed E-state index contributed by atoms with van der Waals surface area (Å²) in [6.07, 6.45) is -0.0111. The molecule has 0 saturated carbocycles. The van der Waals surface area contributed by atoms with Crippen LogP contribution in [0.5, 0.6) is 5.75 Å². The maximum absolute atomic E-state index is 13.6. The zero-order valence-electron chi connectivity index (χ0n) is 19.1. The van der Waals surface area contributed by atoms with E-state index in [-0.39, 0.29) is 37.9 Å². The Labute approximate surface area is 197 Å². The van der Waals surface area contributed by atoms with Gasteiger partial charge in [0.15, 0.2) is 0 Å². The summed E-state index contributed by atoms with van der Waals surface area (Å²) in [6, 6.07) is 10.1. The number of esters is 2. The standard InChI is InChI=1S/C25H26ClNO6/c1-5-32-23(28)12-17-11-16(7-9-21(17)26)25(30)27-15(3)19(14-24(29)33-6-2)20-13-18(31-4)8-10-22(20)27/h7-11,13H,5-6,12,14H2,1-4H3. The molecule has 3 rings (SSSR count). The van der Waals surface area contributed by atoms with Crippen LogP contribution in [0.2, 0.25) is 5.02 Å². The predicted molar refractivity (Wildman–Crippen MR) is 125 cm³/mol. The SMILES string of the molecule is CCOC(=O)Cc1cc(C(=O)n2c(C)c(CC(=O)OCC)c3cc(OC)ccc32)ccc1Cl. The van der Waals surface area contributed by atoms with Crippen LogP contribution in [0.25, 0.3) is 10.9 Å². The van der Waals surface area contributed by atoms with Gasteiger partial charge in [-0.3, -0.25) is 19.0 Å². The number of ether oxygens (including phenoxy) is 3. The highest BCUT2D eigenvalue weighted by molar-refractivity contribution is 6.31. The lowest BCUT2D eigenvalue weighted by atomic mass is 10.1. The molecule has 7 nitrogen and oxygen atoms in total. The maximum atomic E-state index is 13.6. The molecule has 0 fully saturated rings. The van der Waals surface area contributed by atoms with Crippen molar-refractivity contribution in [3.63, 3.8) is 0 Å². The van der Waals surface area contributed by atoms with Crippen LogP contribution in [0.1, 0.15) is 41.0 Å². The summed E-state index contributed by atoms with van der Waals surface area (Å²) in [7, 11) is 1.56. The molecule has 0 unspecified atom stereocenters. The smallest absolute Gasteiger partial charge is 0.310 e.